The van der Waals surface area contributed by atoms with Gasteiger partial charge in [-0.05, 0) is 12.5 Å². The normalized spacial score (nSPS) is 25.7. The van der Waals surface area contributed by atoms with E-state index in [1.807, 2.05) is 19.9 Å². The van der Waals surface area contributed by atoms with Crippen molar-refractivity contribution in [3.05, 3.63) is 11.6 Å². The number of rotatable bonds is 1. The first-order valence-electron chi connectivity index (χ1n) is 4.21. The Balaban J connectivity index is 3.01. The van der Waals surface area contributed by atoms with E-state index in [1.165, 1.54) is 7.11 Å². The molecule has 3 nitrogen and oxygen atoms in total. The molecule has 0 aromatic carbocycles. The van der Waals surface area contributed by atoms with Gasteiger partial charge in [-0.15, -0.1) is 0 Å². The third-order valence-electron chi connectivity index (χ3n) is 2.42. The van der Waals surface area contributed by atoms with Gasteiger partial charge in [0.25, 0.3) is 0 Å². The van der Waals surface area contributed by atoms with Crippen LogP contribution in [0, 0.1) is 11.3 Å². The summed E-state index contributed by atoms with van der Waals surface area (Å²) >= 11 is 0. The summed E-state index contributed by atoms with van der Waals surface area (Å²) in [6, 6.07) is 0. The number of hydrogen-bond acceptors (Lipinski definition) is 3. The number of carbonyl (C=O) groups is 2. The minimum Gasteiger partial charge on any atom is -0.468 e. The van der Waals surface area contributed by atoms with E-state index in [2.05, 4.69) is 4.74 Å². The highest BCUT2D eigenvalue weighted by Crippen LogP contribution is 2.38. The molecule has 0 fully saturated rings. The Morgan fingerprint density at radius 2 is 2.08 bits per heavy atom. The molecule has 0 aromatic rings. The number of esters is 1. The van der Waals surface area contributed by atoms with Crippen LogP contribution < -0.4 is 0 Å². The molecule has 0 bridgehead atoms. The zero-order valence-electron chi connectivity index (χ0n) is 8.38. The highest BCUT2D eigenvalue weighted by molar-refractivity contribution is 6.11. The van der Waals surface area contributed by atoms with Crippen LogP contribution in [-0.4, -0.2) is 18.9 Å². The third kappa shape index (κ3) is 1.50. The second-order valence-electron chi connectivity index (χ2n) is 3.97. The fourth-order valence-corrected chi connectivity index (χ4v) is 1.81. The highest BCUT2D eigenvalue weighted by Gasteiger charge is 2.45. The summed E-state index contributed by atoms with van der Waals surface area (Å²) in [7, 11) is 1.30. The number of ether oxygens (including phenoxy) is 1. The van der Waals surface area contributed by atoms with Gasteiger partial charge in [0.15, 0.2) is 5.78 Å². The molecule has 0 aromatic heterocycles. The number of ketones is 1. The second-order valence-corrected chi connectivity index (χ2v) is 3.97. The average molecular weight is 182 g/mol. The fraction of sp³-hybridized carbons (Fsp3) is 0.600. The number of methoxy groups -OCH3 is 1. The van der Waals surface area contributed by atoms with Crippen LogP contribution in [0.25, 0.3) is 0 Å². The van der Waals surface area contributed by atoms with Gasteiger partial charge >= 0.3 is 5.97 Å². The Morgan fingerprint density at radius 3 is 2.38 bits per heavy atom. The Hall–Kier alpha value is -1.12. The molecule has 0 N–H and O–H groups in total. The van der Waals surface area contributed by atoms with Gasteiger partial charge in [0, 0.05) is 5.41 Å². The van der Waals surface area contributed by atoms with E-state index in [4.69, 9.17) is 0 Å². The summed E-state index contributed by atoms with van der Waals surface area (Å²) in [5.74, 6) is -1.21. The van der Waals surface area contributed by atoms with Crippen LogP contribution in [0.1, 0.15) is 20.8 Å². The van der Waals surface area contributed by atoms with Gasteiger partial charge in [0.1, 0.15) is 5.92 Å². The monoisotopic (exact) mass is 182 g/mol. The maximum absolute atomic E-state index is 11.6. The molecular formula is C10H14O3. The summed E-state index contributed by atoms with van der Waals surface area (Å²) in [4.78, 5) is 22.9. The van der Waals surface area contributed by atoms with Gasteiger partial charge in [0.2, 0.25) is 0 Å². The number of Topliss-reactive ketones (excluding diaryl/α,β-unsaturated/α-hetero) is 1. The summed E-state index contributed by atoms with van der Waals surface area (Å²) in [6.45, 7) is 5.46. The van der Waals surface area contributed by atoms with Gasteiger partial charge in [-0.2, -0.15) is 0 Å². The number of hydrogen-bond donors (Lipinski definition) is 0. The highest BCUT2D eigenvalue weighted by atomic mass is 16.5. The first kappa shape index (κ1) is 9.96. The topological polar surface area (TPSA) is 43.4 Å². The van der Waals surface area contributed by atoms with Crippen molar-refractivity contribution >= 4 is 11.8 Å². The molecule has 3 heteroatoms. The van der Waals surface area contributed by atoms with Crippen molar-refractivity contribution in [2.24, 2.45) is 11.3 Å². The molecule has 72 valence electrons. The quantitative estimate of drug-likeness (QED) is 0.454. The molecule has 0 spiro atoms. The van der Waals surface area contributed by atoms with Crippen molar-refractivity contribution in [3.8, 4) is 0 Å². The van der Waals surface area contributed by atoms with Gasteiger partial charge in [-0.1, -0.05) is 19.9 Å². The molecule has 0 amide bonds. The largest absolute Gasteiger partial charge is 0.468 e. The van der Waals surface area contributed by atoms with E-state index < -0.39 is 17.3 Å². The van der Waals surface area contributed by atoms with E-state index in [0.717, 1.165) is 0 Å². The van der Waals surface area contributed by atoms with Crippen molar-refractivity contribution in [1.82, 2.24) is 0 Å². The van der Waals surface area contributed by atoms with Crippen LogP contribution in [0.2, 0.25) is 0 Å². The van der Waals surface area contributed by atoms with Crippen molar-refractivity contribution in [2.45, 2.75) is 20.8 Å². The van der Waals surface area contributed by atoms with E-state index in [1.54, 1.807) is 6.92 Å². The molecule has 0 saturated heterocycles. The van der Waals surface area contributed by atoms with Crippen molar-refractivity contribution in [1.29, 1.82) is 0 Å². The maximum Gasteiger partial charge on any atom is 0.317 e. The SMILES string of the molecule is COC(=O)C1C(=O)C(C)=CC1(C)C. The third-order valence-corrected chi connectivity index (χ3v) is 2.42. The molecule has 1 rings (SSSR count). The minimum atomic E-state index is -0.655. The summed E-state index contributed by atoms with van der Waals surface area (Å²) < 4.78 is 4.60. The van der Waals surface area contributed by atoms with E-state index in [0.29, 0.717) is 5.57 Å². The Morgan fingerprint density at radius 1 is 1.54 bits per heavy atom. The summed E-state index contributed by atoms with van der Waals surface area (Å²) in [5, 5.41) is 0. The van der Waals surface area contributed by atoms with Gasteiger partial charge in [-0.3, -0.25) is 9.59 Å². The summed E-state index contributed by atoms with van der Waals surface area (Å²) in [6.07, 6.45) is 1.83. The van der Waals surface area contributed by atoms with Crippen LogP contribution in [0.3, 0.4) is 0 Å². The number of carbonyl (C=O) groups excluding carboxylic acids is 2. The van der Waals surface area contributed by atoms with E-state index >= 15 is 0 Å². The maximum atomic E-state index is 11.6. The first-order valence-corrected chi connectivity index (χ1v) is 4.21. The Labute approximate surface area is 77.8 Å². The number of allylic oxidation sites excluding steroid dienone is 2. The van der Waals surface area contributed by atoms with Gasteiger partial charge in [-0.25, -0.2) is 0 Å². The van der Waals surface area contributed by atoms with E-state index in [-0.39, 0.29) is 5.78 Å². The first-order chi connectivity index (χ1) is 5.90. The van der Waals surface area contributed by atoms with Crippen LogP contribution in [-0.2, 0) is 14.3 Å². The molecular weight excluding hydrogens is 168 g/mol. The summed E-state index contributed by atoms with van der Waals surface area (Å²) in [5.41, 5.74) is 0.245. The lowest BCUT2D eigenvalue weighted by molar-refractivity contribution is -0.151. The lowest BCUT2D eigenvalue weighted by atomic mass is 9.81. The van der Waals surface area contributed by atoms with Gasteiger partial charge in [0.05, 0.1) is 7.11 Å². The average Bonchev–Trinajstić information content (AvgIpc) is 2.21. The van der Waals surface area contributed by atoms with E-state index in [9.17, 15) is 9.59 Å². The Bertz CT molecular complexity index is 287. The molecule has 1 unspecified atom stereocenters. The lowest BCUT2D eigenvalue weighted by Gasteiger charge is -2.21. The second kappa shape index (κ2) is 2.98. The molecule has 1 aliphatic carbocycles. The van der Waals surface area contributed by atoms with Crippen molar-refractivity contribution < 1.29 is 14.3 Å². The predicted molar refractivity (Wildman–Crippen MR) is 48.1 cm³/mol. The standard InChI is InChI=1S/C10H14O3/c1-6-5-10(2,3)7(8(6)11)9(12)13-4/h5,7H,1-4H3. The Kier molecular flexibility index (Phi) is 2.28. The van der Waals surface area contributed by atoms with Crippen LogP contribution in [0.5, 0.6) is 0 Å². The van der Waals surface area contributed by atoms with Crippen molar-refractivity contribution in [3.63, 3.8) is 0 Å². The molecule has 0 heterocycles. The fourth-order valence-electron chi connectivity index (χ4n) is 1.81. The molecule has 0 aliphatic heterocycles. The predicted octanol–water partition coefficient (Wildman–Crippen LogP) is 1.33. The van der Waals surface area contributed by atoms with Gasteiger partial charge < -0.3 is 4.74 Å². The molecule has 1 atom stereocenters. The molecule has 0 radical (unpaired) electrons. The zero-order chi connectivity index (χ0) is 10.2. The lowest BCUT2D eigenvalue weighted by Crippen LogP contribution is -2.32. The van der Waals surface area contributed by atoms with Crippen LogP contribution in [0.4, 0.5) is 0 Å². The molecule has 13 heavy (non-hydrogen) atoms. The van der Waals surface area contributed by atoms with Crippen LogP contribution in [0.15, 0.2) is 11.6 Å². The zero-order valence-corrected chi connectivity index (χ0v) is 8.38. The van der Waals surface area contributed by atoms with Crippen molar-refractivity contribution in [2.75, 3.05) is 7.11 Å². The minimum absolute atomic E-state index is 0.114. The molecule has 1 aliphatic rings. The van der Waals surface area contributed by atoms with Crippen LogP contribution >= 0.6 is 0 Å². The smallest absolute Gasteiger partial charge is 0.317 e. The molecule has 0 saturated carbocycles.